The molecule has 2 heterocycles. The van der Waals surface area contributed by atoms with Crippen LogP contribution in [0.1, 0.15) is 39.5 Å². The second-order valence-corrected chi connectivity index (χ2v) is 5.45. The molecule has 2 heteroatoms. The molecule has 0 bridgehead atoms. The highest BCUT2D eigenvalue weighted by molar-refractivity contribution is 4.85. The first-order valence-corrected chi connectivity index (χ1v) is 6.76. The number of hydrogen-bond acceptors (Lipinski definition) is 2. The normalized spacial score (nSPS) is 38.4. The van der Waals surface area contributed by atoms with E-state index in [-0.39, 0.29) is 0 Å². The van der Waals surface area contributed by atoms with Crippen molar-refractivity contribution >= 4 is 0 Å². The molecule has 0 radical (unpaired) electrons. The molecule has 2 aliphatic rings. The van der Waals surface area contributed by atoms with E-state index in [0.29, 0.717) is 0 Å². The second-order valence-electron chi connectivity index (χ2n) is 5.45. The summed E-state index contributed by atoms with van der Waals surface area (Å²) in [6, 6.07) is 0.868. The van der Waals surface area contributed by atoms with E-state index in [1.807, 2.05) is 0 Å². The summed E-state index contributed by atoms with van der Waals surface area (Å²) in [5.41, 5.74) is 0. The van der Waals surface area contributed by atoms with E-state index in [9.17, 15) is 0 Å². The zero-order valence-electron chi connectivity index (χ0n) is 10.3. The number of piperidine rings is 1. The maximum absolute atomic E-state index is 3.53. The Labute approximate surface area is 94.4 Å². The predicted octanol–water partition coefficient (Wildman–Crippen LogP) is 2.11. The SMILES string of the molecule is CCC1C(C)CCN1CC1CCCNC1. The summed E-state index contributed by atoms with van der Waals surface area (Å²) in [6.45, 7) is 9.95. The number of rotatable bonds is 3. The van der Waals surface area contributed by atoms with Gasteiger partial charge in [-0.1, -0.05) is 13.8 Å². The van der Waals surface area contributed by atoms with E-state index in [1.54, 1.807) is 0 Å². The van der Waals surface area contributed by atoms with Crippen molar-refractivity contribution in [1.29, 1.82) is 0 Å². The van der Waals surface area contributed by atoms with E-state index >= 15 is 0 Å². The van der Waals surface area contributed by atoms with Crippen molar-refractivity contribution in [2.24, 2.45) is 11.8 Å². The van der Waals surface area contributed by atoms with Crippen molar-refractivity contribution in [3.63, 3.8) is 0 Å². The Bertz CT molecular complexity index is 187. The van der Waals surface area contributed by atoms with Gasteiger partial charge in [0.1, 0.15) is 0 Å². The van der Waals surface area contributed by atoms with Crippen LogP contribution in [0, 0.1) is 11.8 Å². The molecule has 2 fully saturated rings. The van der Waals surface area contributed by atoms with Gasteiger partial charge in [-0.25, -0.2) is 0 Å². The van der Waals surface area contributed by atoms with Gasteiger partial charge in [0, 0.05) is 12.6 Å². The quantitative estimate of drug-likeness (QED) is 0.767. The molecule has 0 aromatic heterocycles. The largest absolute Gasteiger partial charge is 0.316 e. The van der Waals surface area contributed by atoms with Crippen LogP contribution in [-0.4, -0.2) is 37.1 Å². The van der Waals surface area contributed by atoms with Crippen molar-refractivity contribution < 1.29 is 0 Å². The third-order valence-electron chi connectivity index (χ3n) is 4.31. The monoisotopic (exact) mass is 210 g/mol. The highest BCUT2D eigenvalue weighted by atomic mass is 15.2. The first-order valence-electron chi connectivity index (χ1n) is 6.76. The predicted molar refractivity (Wildman–Crippen MR) is 65.0 cm³/mol. The van der Waals surface area contributed by atoms with E-state index < -0.39 is 0 Å². The van der Waals surface area contributed by atoms with Crippen LogP contribution in [0.15, 0.2) is 0 Å². The lowest BCUT2D eigenvalue weighted by molar-refractivity contribution is 0.177. The molecular weight excluding hydrogens is 184 g/mol. The highest BCUT2D eigenvalue weighted by Crippen LogP contribution is 2.27. The first-order chi connectivity index (χ1) is 7.31. The Morgan fingerprint density at radius 3 is 2.87 bits per heavy atom. The van der Waals surface area contributed by atoms with Crippen LogP contribution in [0.3, 0.4) is 0 Å². The van der Waals surface area contributed by atoms with Gasteiger partial charge in [0.15, 0.2) is 0 Å². The number of nitrogens with one attached hydrogen (secondary N) is 1. The van der Waals surface area contributed by atoms with Crippen LogP contribution in [0.2, 0.25) is 0 Å². The lowest BCUT2D eigenvalue weighted by Gasteiger charge is -2.31. The molecule has 0 aromatic rings. The average Bonchev–Trinajstić information content (AvgIpc) is 2.61. The summed E-state index contributed by atoms with van der Waals surface area (Å²) in [6.07, 6.45) is 5.57. The number of likely N-dealkylation sites (tertiary alicyclic amines) is 1. The van der Waals surface area contributed by atoms with Gasteiger partial charge in [0.05, 0.1) is 0 Å². The van der Waals surface area contributed by atoms with Crippen molar-refractivity contribution in [3.8, 4) is 0 Å². The summed E-state index contributed by atoms with van der Waals surface area (Å²) >= 11 is 0. The fourth-order valence-electron chi connectivity index (χ4n) is 3.39. The third-order valence-corrected chi connectivity index (χ3v) is 4.31. The first kappa shape index (κ1) is 11.4. The Hall–Kier alpha value is -0.0800. The fraction of sp³-hybridized carbons (Fsp3) is 1.00. The minimum absolute atomic E-state index is 0.868. The van der Waals surface area contributed by atoms with Crippen molar-refractivity contribution in [3.05, 3.63) is 0 Å². The molecule has 0 aliphatic carbocycles. The number of hydrogen-bond donors (Lipinski definition) is 1. The van der Waals surface area contributed by atoms with Gasteiger partial charge in [-0.15, -0.1) is 0 Å². The molecule has 88 valence electrons. The van der Waals surface area contributed by atoms with E-state index in [4.69, 9.17) is 0 Å². The third kappa shape index (κ3) is 2.73. The van der Waals surface area contributed by atoms with Gasteiger partial charge >= 0.3 is 0 Å². The zero-order chi connectivity index (χ0) is 10.7. The molecule has 2 rings (SSSR count). The van der Waals surface area contributed by atoms with E-state index in [1.165, 1.54) is 51.9 Å². The molecule has 3 unspecified atom stereocenters. The van der Waals surface area contributed by atoms with Gasteiger partial charge in [0.2, 0.25) is 0 Å². The molecule has 2 nitrogen and oxygen atoms in total. The molecule has 0 spiro atoms. The lowest BCUT2D eigenvalue weighted by atomic mass is 9.97. The molecule has 3 atom stereocenters. The molecule has 0 amide bonds. The van der Waals surface area contributed by atoms with Gasteiger partial charge in [-0.3, -0.25) is 4.90 Å². The van der Waals surface area contributed by atoms with Gasteiger partial charge < -0.3 is 5.32 Å². The summed E-state index contributed by atoms with van der Waals surface area (Å²) < 4.78 is 0. The van der Waals surface area contributed by atoms with Crippen molar-refractivity contribution in [2.45, 2.75) is 45.6 Å². The highest BCUT2D eigenvalue weighted by Gasteiger charge is 2.31. The molecule has 2 saturated heterocycles. The number of nitrogens with zero attached hydrogens (tertiary/aromatic N) is 1. The van der Waals surface area contributed by atoms with Crippen LogP contribution < -0.4 is 5.32 Å². The summed E-state index contributed by atoms with van der Waals surface area (Å²) in [4.78, 5) is 2.75. The topological polar surface area (TPSA) is 15.3 Å². The lowest BCUT2D eigenvalue weighted by Crippen LogP contribution is -2.41. The van der Waals surface area contributed by atoms with Gasteiger partial charge in [-0.2, -0.15) is 0 Å². The molecule has 1 N–H and O–H groups in total. The Morgan fingerprint density at radius 1 is 1.33 bits per heavy atom. The van der Waals surface area contributed by atoms with Gasteiger partial charge in [0.25, 0.3) is 0 Å². The maximum Gasteiger partial charge on any atom is 0.0119 e. The summed E-state index contributed by atoms with van der Waals surface area (Å²) in [5, 5.41) is 3.53. The smallest absolute Gasteiger partial charge is 0.0119 e. The fourth-order valence-corrected chi connectivity index (χ4v) is 3.39. The van der Waals surface area contributed by atoms with Crippen LogP contribution in [0.5, 0.6) is 0 Å². The van der Waals surface area contributed by atoms with Crippen LogP contribution in [0.25, 0.3) is 0 Å². The maximum atomic E-state index is 3.53. The minimum Gasteiger partial charge on any atom is -0.316 e. The molecule has 2 aliphatic heterocycles. The van der Waals surface area contributed by atoms with E-state index in [0.717, 1.165) is 17.9 Å². The van der Waals surface area contributed by atoms with Crippen molar-refractivity contribution in [2.75, 3.05) is 26.2 Å². The summed E-state index contributed by atoms with van der Waals surface area (Å²) in [7, 11) is 0. The standard InChI is InChI=1S/C13H26N2/c1-3-13-11(2)6-8-15(13)10-12-5-4-7-14-9-12/h11-14H,3-10H2,1-2H3. The molecular formula is C13H26N2. The summed E-state index contributed by atoms with van der Waals surface area (Å²) in [5.74, 6) is 1.84. The Kier molecular flexibility index (Phi) is 4.04. The van der Waals surface area contributed by atoms with Crippen molar-refractivity contribution in [1.82, 2.24) is 10.2 Å². The van der Waals surface area contributed by atoms with Crippen LogP contribution in [0.4, 0.5) is 0 Å². The Morgan fingerprint density at radius 2 is 2.20 bits per heavy atom. The van der Waals surface area contributed by atoms with Crippen LogP contribution >= 0.6 is 0 Å². The van der Waals surface area contributed by atoms with Crippen LogP contribution in [-0.2, 0) is 0 Å². The zero-order valence-corrected chi connectivity index (χ0v) is 10.3. The molecule has 15 heavy (non-hydrogen) atoms. The molecule has 0 saturated carbocycles. The molecule has 0 aromatic carbocycles. The minimum atomic E-state index is 0.868. The second kappa shape index (κ2) is 5.31. The van der Waals surface area contributed by atoms with Gasteiger partial charge in [-0.05, 0) is 57.2 Å². The van der Waals surface area contributed by atoms with E-state index in [2.05, 4.69) is 24.1 Å². The average molecular weight is 210 g/mol. The Balaban J connectivity index is 1.82.